The van der Waals surface area contributed by atoms with Crippen LogP contribution in [0.3, 0.4) is 0 Å². The lowest BCUT2D eigenvalue weighted by Gasteiger charge is -2.31. The molecule has 0 aromatic heterocycles. The Bertz CT molecular complexity index is 781. The number of para-hydroxylation sites is 1. The molecule has 0 bridgehead atoms. The molecule has 0 radical (unpaired) electrons. The maximum absolute atomic E-state index is 13.6. The molecule has 2 amide bonds. The van der Waals surface area contributed by atoms with Crippen LogP contribution < -0.4 is 11.1 Å². The zero-order chi connectivity index (χ0) is 19.3. The number of halogens is 3. The predicted octanol–water partition coefficient (Wildman–Crippen LogP) is 3.05. The van der Waals surface area contributed by atoms with E-state index in [4.69, 9.17) is 5.73 Å². The number of nitrogens with two attached hydrogens (primary N) is 1. The van der Waals surface area contributed by atoms with Crippen molar-refractivity contribution in [3.63, 3.8) is 0 Å². The molecule has 2 aromatic carbocycles. The Hall–Kier alpha value is -2.51. The number of nitrogens with zero attached hydrogens (tertiary/aromatic N) is 1. The molecule has 0 fully saturated rings. The average Bonchev–Trinajstić information content (AvgIpc) is 2.63. The maximum atomic E-state index is 13.6. The number of rotatable bonds is 6. The fraction of sp³-hybridized carbons (Fsp3) is 0.263. The number of likely N-dealkylation sites (N-methyl/N-ethyl adjacent to an activating group) is 1. The van der Waals surface area contributed by atoms with E-state index < -0.39 is 34.7 Å². The maximum Gasteiger partial charge on any atom is 0.247 e. The van der Waals surface area contributed by atoms with Gasteiger partial charge < -0.3 is 16.0 Å². The Balaban J connectivity index is 0.00000364. The molecule has 0 aliphatic heterocycles. The summed E-state index contributed by atoms with van der Waals surface area (Å²) in [5.41, 5.74) is 4.92. The monoisotopic (exact) mass is 397 g/mol. The summed E-state index contributed by atoms with van der Waals surface area (Å²) in [7, 11) is 0. The molecule has 1 unspecified atom stereocenters. The lowest BCUT2D eigenvalue weighted by molar-refractivity contribution is -0.139. The highest BCUT2D eigenvalue weighted by atomic mass is 35.5. The molecule has 0 spiro atoms. The Kier molecular flexibility index (Phi) is 7.87. The fourth-order valence-electron chi connectivity index (χ4n) is 2.53. The molecule has 146 valence electrons. The van der Waals surface area contributed by atoms with E-state index in [1.165, 1.54) is 11.0 Å². The van der Waals surface area contributed by atoms with Crippen molar-refractivity contribution in [1.82, 2.24) is 4.90 Å². The first-order valence-electron chi connectivity index (χ1n) is 8.15. The summed E-state index contributed by atoms with van der Waals surface area (Å²) in [4.78, 5) is 26.2. The highest BCUT2D eigenvalue weighted by Crippen LogP contribution is 2.21. The number of benzene rings is 2. The second-order valence-electron chi connectivity index (χ2n) is 6.03. The van der Waals surface area contributed by atoms with Gasteiger partial charge in [-0.2, -0.15) is 0 Å². The minimum absolute atomic E-state index is 0. The van der Waals surface area contributed by atoms with Crippen molar-refractivity contribution in [2.24, 2.45) is 5.73 Å². The lowest BCUT2D eigenvalue weighted by atomic mass is 9.91. The summed E-state index contributed by atoms with van der Waals surface area (Å²) in [5, 5.41) is 2.17. The fourth-order valence-corrected chi connectivity index (χ4v) is 2.53. The van der Waals surface area contributed by atoms with Crippen LogP contribution in [-0.2, 0) is 15.1 Å². The van der Waals surface area contributed by atoms with Crippen LogP contribution in [0, 0.1) is 11.6 Å². The van der Waals surface area contributed by atoms with Crippen molar-refractivity contribution in [3.05, 3.63) is 65.7 Å². The van der Waals surface area contributed by atoms with Crippen LogP contribution in [0.4, 0.5) is 14.5 Å². The average molecular weight is 398 g/mol. The number of amides is 2. The van der Waals surface area contributed by atoms with E-state index in [2.05, 4.69) is 5.32 Å². The summed E-state index contributed by atoms with van der Waals surface area (Å²) in [6.07, 6.45) is 0. The minimum Gasteiger partial charge on any atom is -0.332 e. The number of anilines is 1. The van der Waals surface area contributed by atoms with Gasteiger partial charge in [0.15, 0.2) is 0 Å². The topological polar surface area (TPSA) is 75.4 Å². The number of carbonyl (C=O) groups is 2. The molecule has 0 aliphatic carbocycles. The summed E-state index contributed by atoms with van der Waals surface area (Å²) in [6.45, 7) is 3.09. The normalized spacial score (nSPS) is 12.5. The highest BCUT2D eigenvalue weighted by molar-refractivity contribution is 5.96. The molecule has 2 rings (SSSR count). The van der Waals surface area contributed by atoms with E-state index >= 15 is 0 Å². The predicted molar refractivity (Wildman–Crippen MR) is 102 cm³/mol. The molecular formula is C19H22ClF2N3O2. The van der Waals surface area contributed by atoms with E-state index in [-0.39, 0.29) is 25.5 Å². The van der Waals surface area contributed by atoms with Gasteiger partial charge >= 0.3 is 0 Å². The van der Waals surface area contributed by atoms with Crippen molar-refractivity contribution in [2.45, 2.75) is 19.4 Å². The molecule has 0 aliphatic rings. The van der Waals surface area contributed by atoms with Gasteiger partial charge in [-0.25, -0.2) is 8.78 Å². The molecule has 1 atom stereocenters. The number of carbonyl (C=O) groups excluding carboxylic acids is 2. The van der Waals surface area contributed by atoms with Gasteiger partial charge in [-0.15, -0.1) is 12.4 Å². The first kappa shape index (κ1) is 22.5. The second kappa shape index (κ2) is 9.43. The molecule has 5 nitrogen and oxygen atoms in total. The Morgan fingerprint density at radius 3 is 2.15 bits per heavy atom. The second-order valence-corrected chi connectivity index (χ2v) is 6.03. The largest absolute Gasteiger partial charge is 0.332 e. The molecule has 0 saturated carbocycles. The van der Waals surface area contributed by atoms with Gasteiger partial charge in [-0.1, -0.05) is 36.4 Å². The number of hydrogen-bond donors (Lipinski definition) is 2. The molecule has 2 aromatic rings. The van der Waals surface area contributed by atoms with Gasteiger partial charge in [-0.3, -0.25) is 9.59 Å². The van der Waals surface area contributed by atoms with Crippen LogP contribution in [0.25, 0.3) is 0 Å². The van der Waals surface area contributed by atoms with Crippen molar-refractivity contribution >= 4 is 29.9 Å². The summed E-state index contributed by atoms with van der Waals surface area (Å²) in [5.74, 6) is -2.95. The van der Waals surface area contributed by atoms with Crippen LogP contribution in [-0.4, -0.2) is 29.8 Å². The van der Waals surface area contributed by atoms with E-state index in [1.54, 1.807) is 44.2 Å². The Morgan fingerprint density at radius 2 is 1.63 bits per heavy atom. The van der Waals surface area contributed by atoms with Crippen LogP contribution in [0.15, 0.2) is 48.5 Å². The molecule has 3 N–H and O–H groups in total. The van der Waals surface area contributed by atoms with Gasteiger partial charge in [0.2, 0.25) is 11.8 Å². The van der Waals surface area contributed by atoms with Crippen molar-refractivity contribution < 1.29 is 18.4 Å². The van der Waals surface area contributed by atoms with Gasteiger partial charge in [-0.05, 0) is 31.5 Å². The highest BCUT2D eigenvalue weighted by Gasteiger charge is 2.34. The standard InChI is InChI=1S/C19H21F2N3O2.ClH/c1-3-24(18(26)19(2,22)13-8-5-4-6-9-13)12-16(25)23-17-14(20)10-7-11-15(17)21;/h4-11H,3,12,22H2,1-2H3,(H,23,25);1H. The van der Waals surface area contributed by atoms with Crippen molar-refractivity contribution in [1.29, 1.82) is 0 Å². The zero-order valence-electron chi connectivity index (χ0n) is 15.0. The van der Waals surface area contributed by atoms with Crippen molar-refractivity contribution in [3.8, 4) is 0 Å². The van der Waals surface area contributed by atoms with Crippen LogP contribution in [0.2, 0.25) is 0 Å². The van der Waals surface area contributed by atoms with E-state index in [1.807, 2.05) is 0 Å². The minimum atomic E-state index is -1.33. The van der Waals surface area contributed by atoms with Crippen molar-refractivity contribution in [2.75, 3.05) is 18.4 Å². The third kappa shape index (κ3) is 5.24. The zero-order valence-corrected chi connectivity index (χ0v) is 15.9. The molecule has 8 heteroatoms. The molecule has 0 saturated heterocycles. The summed E-state index contributed by atoms with van der Waals surface area (Å²) < 4.78 is 27.3. The van der Waals surface area contributed by atoms with E-state index in [0.717, 1.165) is 12.1 Å². The lowest BCUT2D eigenvalue weighted by Crippen LogP contribution is -2.52. The molecule has 27 heavy (non-hydrogen) atoms. The third-order valence-corrected chi connectivity index (χ3v) is 4.05. The first-order valence-corrected chi connectivity index (χ1v) is 8.15. The SMILES string of the molecule is CCN(CC(=O)Nc1c(F)cccc1F)C(=O)C(C)(N)c1ccccc1.Cl. The van der Waals surface area contributed by atoms with Gasteiger partial charge in [0.25, 0.3) is 0 Å². The number of hydrogen-bond acceptors (Lipinski definition) is 3. The quantitative estimate of drug-likeness (QED) is 0.786. The van der Waals surface area contributed by atoms with Crippen LogP contribution >= 0.6 is 12.4 Å². The smallest absolute Gasteiger partial charge is 0.247 e. The first-order chi connectivity index (χ1) is 12.3. The van der Waals surface area contributed by atoms with Crippen LogP contribution in [0.5, 0.6) is 0 Å². The molecular weight excluding hydrogens is 376 g/mol. The Morgan fingerprint density at radius 1 is 1.07 bits per heavy atom. The summed E-state index contributed by atoms with van der Waals surface area (Å²) >= 11 is 0. The third-order valence-electron chi connectivity index (χ3n) is 4.05. The van der Waals surface area contributed by atoms with Gasteiger partial charge in [0, 0.05) is 6.54 Å². The van der Waals surface area contributed by atoms with Gasteiger partial charge in [0.05, 0.1) is 6.54 Å². The van der Waals surface area contributed by atoms with E-state index in [0.29, 0.717) is 5.56 Å². The summed E-state index contributed by atoms with van der Waals surface area (Å²) in [6, 6.07) is 12.0. The van der Waals surface area contributed by atoms with E-state index in [9.17, 15) is 18.4 Å². The van der Waals surface area contributed by atoms with Crippen LogP contribution in [0.1, 0.15) is 19.4 Å². The van der Waals surface area contributed by atoms with Gasteiger partial charge in [0.1, 0.15) is 22.9 Å². The molecule has 0 heterocycles. The Labute approximate surface area is 162 Å². The number of nitrogens with one attached hydrogen (secondary N) is 1.